The van der Waals surface area contributed by atoms with Crippen molar-refractivity contribution in [3.63, 3.8) is 0 Å². The molecule has 6 heteroatoms. The van der Waals surface area contributed by atoms with E-state index in [2.05, 4.69) is 16.5 Å². The quantitative estimate of drug-likeness (QED) is 0.248. The van der Waals surface area contributed by atoms with Crippen molar-refractivity contribution in [2.45, 2.75) is 117 Å². The monoisotopic (exact) mass is 496 g/mol. The summed E-state index contributed by atoms with van der Waals surface area (Å²) in [5, 5.41) is 0. The molecular formula is C25H41BrN2O3. The number of unbranched alkanes of at least 4 members (excludes halogenated alkanes) is 14. The average molecular weight is 498 g/mol. The summed E-state index contributed by atoms with van der Waals surface area (Å²) in [4.78, 5) is 4.53. The average Bonchev–Trinajstić information content (AvgIpc) is 3.07. The molecule has 2 rings (SSSR count). The smallest absolute Gasteiger partial charge is 0.361 e. The van der Waals surface area contributed by atoms with E-state index < -0.39 is 14.8 Å². The molecule has 0 aliphatic rings. The largest absolute Gasteiger partial charge is 0.501 e. The molecule has 1 aromatic heterocycles. The Hall–Kier alpha value is -1.11. The second-order valence-electron chi connectivity index (χ2n) is 8.65. The van der Waals surface area contributed by atoms with Crippen LogP contribution in [0.2, 0.25) is 0 Å². The minimum absolute atomic E-state index is 0.329. The Labute approximate surface area is 194 Å². The number of hydrogen-bond donors (Lipinski definition) is 0. The fraction of sp³-hybridized carbons (Fsp3) is 0.720. The third kappa shape index (κ3) is 9.92. The Morgan fingerprint density at radius 3 is 1.84 bits per heavy atom. The number of benzene rings is 1. The molecule has 0 amide bonds. The van der Waals surface area contributed by atoms with Gasteiger partial charge in [0.15, 0.2) is 0 Å². The second-order valence-corrected chi connectivity index (χ2v) is 9.77. The topological polar surface area (TPSA) is 73.2 Å². The van der Waals surface area contributed by atoms with Crippen LogP contribution in [0.1, 0.15) is 109 Å². The van der Waals surface area contributed by atoms with Gasteiger partial charge in [0.05, 0.1) is 5.52 Å². The van der Waals surface area contributed by atoms with Gasteiger partial charge in [0.25, 0.3) is 5.75 Å². The molecule has 1 heterocycles. The maximum Gasteiger partial charge on any atom is 0.501 e. The summed E-state index contributed by atoms with van der Waals surface area (Å²) in [6.07, 6.45) is 20.4. The van der Waals surface area contributed by atoms with Gasteiger partial charge in [0, 0.05) is 6.54 Å². The molecule has 0 unspecified atom stereocenters. The van der Waals surface area contributed by atoms with Crippen molar-refractivity contribution in [1.82, 2.24) is 9.55 Å². The molecule has 0 radical (unpaired) electrons. The molecule has 0 aliphatic carbocycles. The van der Waals surface area contributed by atoms with Gasteiger partial charge in [-0.3, -0.25) is 0 Å². The summed E-state index contributed by atoms with van der Waals surface area (Å²) in [6.45, 7) is 5.16. The Morgan fingerprint density at radius 2 is 1.32 bits per heavy atom. The van der Waals surface area contributed by atoms with Crippen LogP contribution in [0.4, 0.5) is 0 Å². The number of rotatable bonds is 18. The maximum absolute atomic E-state index is 11.0. The van der Waals surface area contributed by atoms with Crippen molar-refractivity contribution in [2.75, 3.05) is 0 Å². The van der Waals surface area contributed by atoms with Crippen LogP contribution in [0.15, 0.2) is 18.2 Å². The van der Waals surface area contributed by atoms with Gasteiger partial charge >= 0.3 is 14.8 Å². The summed E-state index contributed by atoms with van der Waals surface area (Å²) in [7, 11) is 0. The number of halogens is 1. The Kier molecular flexibility index (Phi) is 13.2. The molecule has 0 saturated carbocycles. The second kappa shape index (κ2) is 15.7. The van der Waals surface area contributed by atoms with Gasteiger partial charge in [-0.25, -0.2) is 4.98 Å². The first-order chi connectivity index (χ1) is 15.1. The molecule has 0 aliphatic heterocycles. The van der Waals surface area contributed by atoms with Crippen LogP contribution in [0.25, 0.3) is 11.0 Å². The fourth-order valence-corrected chi connectivity index (χ4v) is 4.84. The zero-order valence-electron chi connectivity index (χ0n) is 19.5. The van der Waals surface area contributed by atoms with Crippen LogP contribution in [-0.4, -0.2) is 9.55 Å². The van der Waals surface area contributed by atoms with E-state index in [1.54, 1.807) is 6.07 Å². The molecule has 5 nitrogen and oxygen atoms in total. The lowest BCUT2D eigenvalue weighted by molar-refractivity contribution is -1.62. The molecule has 0 saturated heterocycles. The standard InChI is InChI=1S/C25H41BrN2O3/c1-3-4-5-6-7-8-9-10-11-12-13-14-15-16-17-21-28-22(2)27-25-23(28)19-18-20-24(25)31-26(29)30/h18-20H,3-17,21H2,1-2H3. The van der Waals surface area contributed by atoms with Crippen LogP contribution in [0, 0.1) is 21.7 Å². The number of hydrogen-bond acceptors (Lipinski definition) is 4. The summed E-state index contributed by atoms with van der Waals surface area (Å²) in [5.74, 6) is 1.23. The molecule has 31 heavy (non-hydrogen) atoms. The van der Waals surface area contributed by atoms with E-state index in [0.29, 0.717) is 11.3 Å². The number of para-hydroxylation sites is 1. The lowest BCUT2D eigenvalue weighted by Crippen LogP contribution is -2.36. The van der Waals surface area contributed by atoms with Crippen molar-refractivity contribution >= 4 is 11.0 Å². The highest BCUT2D eigenvalue weighted by Gasteiger charge is 2.19. The van der Waals surface area contributed by atoms with Gasteiger partial charge < -0.3 is 13.0 Å². The molecule has 0 fully saturated rings. The van der Waals surface area contributed by atoms with E-state index in [1.807, 2.05) is 19.1 Å². The first kappa shape index (κ1) is 26.1. The van der Waals surface area contributed by atoms with E-state index in [1.165, 1.54) is 89.9 Å². The molecule has 0 N–H and O–H groups in total. The SMILES string of the molecule is CCCCCCCCCCCCCCCCCn1c(C)nc2c(O[Br+2]([O-])[O-])cccc21. The zero-order valence-corrected chi connectivity index (χ0v) is 21.1. The highest BCUT2D eigenvalue weighted by Crippen LogP contribution is 2.27. The van der Waals surface area contributed by atoms with Crippen molar-refractivity contribution in [1.29, 1.82) is 0 Å². The van der Waals surface area contributed by atoms with Gasteiger partial charge in [-0.05, 0) is 25.5 Å². The molecule has 0 bridgehead atoms. The van der Waals surface area contributed by atoms with E-state index in [9.17, 15) is 8.40 Å². The van der Waals surface area contributed by atoms with Crippen molar-refractivity contribution < 1.29 is 27.0 Å². The summed E-state index contributed by atoms with van der Waals surface area (Å²) in [6, 6.07) is 5.47. The third-order valence-electron chi connectivity index (χ3n) is 6.06. The van der Waals surface area contributed by atoms with Crippen molar-refractivity contribution in [2.24, 2.45) is 0 Å². The fourth-order valence-electron chi connectivity index (χ4n) is 4.29. The van der Waals surface area contributed by atoms with Crippen LogP contribution in [0.5, 0.6) is 5.75 Å². The van der Waals surface area contributed by atoms with Crippen LogP contribution in [0.3, 0.4) is 0 Å². The van der Waals surface area contributed by atoms with Crippen LogP contribution >= 0.6 is 0 Å². The van der Waals surface area contributed by atoms with Gasteiger partial charge in [-0.2, -0.15) is 0 Å². The number of aromatic nitrogens is 2. The van der Waals surface area contributed by atoms with Crippen molar-refractivity contribution in [3.8, 4) is 5.75 Å². The normalized spacial score (nSPS) is 11.6. The lowest BCUT2D eigenvalue weighted by atomic mass is 10.0. The Bertz CT molecular complexity index is 733. The molecule has 0 spiro atoms. The van der Waals surface area contributed by atoms with Crippen molar-refractivity contribution in [3.05, 3.63) is 24.0 Å². The predicted octanol–water partition coefficient (Wildman–Crippen LogP) is 5.68. The number of imidazole rings is 1. The van der Waals surface area contributed by atoms with E-state index in [-0.39, 0.29) is 0 Å². The maximum atomic E-state index is 11.0. The molecular weight excluding hydrogens is 456 g/mol. The van der Waals surface area contributed by atoms with Gasteiger partial charge in [-0.1, -0.05) is 103 Å². The Morgan fingerprint density at radius 1 is 0.806 bits per heavy atom. The van der Waals surface area contributed by atoms with Gasteiger partial charge in [0.1, 0.15) is 11.3 Å². The van der Waals surface area contributed by atoms with Gasteiger partial charge in [0.2, 0.25) is 0 Å². The van der Waals surface area contributed by atoms with Crippen LogP contribution in [-0.2, 0) is 6.54 Å². The summed E-state index contributed by atoms with van der Waals surface area (Å²) < 4.78 is 29.0. The van der Waals surface area contributed by atoms with Crippen LogP contribution < -0.4 is 12.2 Å². The highest BCUT2D eigenvalue weighted by atomic mass is 80.0. The minimum atomic E-state index is -3.29. The minimum Gasteiger partial charge on any atom is -0.361 e. The number of fused-ring (bicyclic) bond motifs is 1. The molecule has 1 aromatic carbocycles. The Balaban J connectivity index is 1.54. The summed E-state index contributed by atoms with van der Waals surface area (Å²) >= 11 is -3.29. The van der Waals surface area contributed by atoms with E-state index in [0.717, 1.165) is 24.3 Å². The number of nitrogens with zero attached hydrogens (tertiary/aromatic N) is 2. The zero-order chi connectivity index (χ0) is 22.3. The first-order valence-corrected chi connectivity index (χ1v) is 14.3. The summed E-state index contributed by atoms with van der Waals surface area (Å²) in [5.41, 5.74) is 1.58. The third-order valence-corrected chi connectivity index (χ3v) is 6.68. The van der Waals surface area contributed by atoms with E-state index >= 15 is 0 Å². The molecule has 176 valence electrons. The van der Waals surface area contributed by atoms with E-state index in [4.69, 9.17) is 3.83 Å². The highest BCUT2D eigenvalue weighted by molar-refractivity contribution is 5.82. The molecule has 0 atom stereocenters. The van der Waals surface area contributed by atoms with Gasteiger partial charge in [-0.15, -0.1) is 3.83 Å². The molecule has 2 aromatic rings. The lowest BCUT2D eigenvalue weighted by Gasteiger charge is -2.07. The predicted molar refractivity (Wildman–Crippen MR) is 120 cm³/mol. The first-order valence-electron chi connectivity index (χ1n) is 12.3. The number of aryl methyl sites for hydroxylation is 2.